The molecule has 2 unspecified atom stereocenters. The van der Waals surface area contributed by atoms with Gasteiger partial charge in [0.25, 0.3) is 0 Å². The summed E-state index contributed by atoms with van der Waals surface area (Å²) in [6.07, 6.45) is 5.94. The van der Waals surface area contributed by atoms with Crippen LogP contribution < -0.4 is 5.32 Å². The highest BCUT2D eigenvalue weighted by atomic mass is 32.1. The van der Waals surface area contributed by atoms with Crippen LogP contribution >= 0.6 is 25.3 Å². The summed E-state index contributed by atoms with van der Waals surface area (Å²) in [5, 5.41) is 12.0. The third kappa shape index (κ3) is 8.30. The summed E-state index contributed by atoms with van der Waals surface area (Å²) in [5.41, 5.74) is 0. The Kier molecular flexibility index (Phi) is 10.4. The van der Waals surface area contributed by atoms with E-state index in [-0.39, 0.29) is 5.25 Å². The zero-order chi connectivity index (χ0) is 12.4. The van der Waals surface area contributed by atoms with Crippen LogP contribution in [0.25, 0.3) is 0 Å². The summed E-state index contributed by atoms with van der Waals surface area (Å²) < 4.78 is 0. The Labute approximate surface area is 109 Å². The second-order valence-electron chi connectivity index (χ2n) is 3.98. The standard InChI is InChI=1S/C11H23NO2S2/c1-2-3-4-5-6-9(16)7-12-10(8-15)11(13)14/h9-10,12,15-16H,2-8H2,1H3,(H,13,14). The number of thiol groups is 2. The zero-order valence-corrected chi connectivity index (χ0v) is 11.6. The van der Waals surface area contributed by atoms with Gasteiger partial charge in [-0.3, -0.25) is 4.79 Å². The first-order valence-electron chi connectivity index (χ1n) is 5.86. The lowest BCUT2D eigenvalue weighted by molar-refractivity contribution is -0.138. The third-order valence-electron chi connectivity index (χ3n) is 2.47. The van der Waals surface area contributed by atoms with Crippen LogP contribution in [-0.4, -0.2) is 34.7 Å². The van der Waals surface area contributed by atoms with Crippen molar-refractivity contribution in [3.63, 3.8) is 0 Å². The molecule has 0 aliphatic heterocycles. The van der Waals surface area contributed by atoms with E-state index in [2.05, 4.69) is 37.5 Å². The molecule has 0 rings (SSSR count). The molecule has 0 saturated carbocycles. The summed E-state index contributed by atoms with van der Waals surface area (Å²) in [4.78, 5) is 10.7. The molecule has 0 spiro atoms. The van der Waals surface area contributed by atoms with Gasteiger partial charge in [0.2, 0.25) is 0 Å². The molecule has 0 radical (unpaired) electrons. The Morgan fingerprint density at radius 2 is 2.06 bits per heavy atom. The summed E-state index contributed by atoms with van der Waals surface area (Å²) in [7, 11) is 0. The van der Waals surface area contributed by atoms with Gasteiger partial charge in [-0.25, -0.2) is 0 Å². The van der Waals surface area contributed by atoms with E-state index in [0.717, 1.165) is 6.42 Å². The van der Waals surface area contributed by atoms with E-state index in [0.29, 0.717) is 12.3 Å². The van der Waals surface area contributed by atoms with Gasteiger partial charge in [0.1, 0.15) is 6.04 Å². The predicted molar refractivity (Wildman–Crippen MR) is 74.8 cm³/mol. The Morgan fingerprint density at radius 3 is 2.56 bits per heavy atom. The molecular weight excluding hydrogens is 242 g/mol. The van der Waals surface area contributed by atoms with E-state index in [4.69, 9.17) is 5.11 Å². The number of carboxylic acid groups (broad SMARTS) is 1. The lowest BCUT2D eigenvalue weighted by Crippen LogP contribution is -2.41. The molecule has 0 amide bonds. The highest BCUT2D eigenvalue weighted by Gasteiger charge is 2.15. The number of carboxylic acids is 1. The topological polar surface area (TPSA) is 49.3 Å². The molecule has 0 aliphatic carbocycles. The molecule has 0 aromatic rings. The first-order valence-corrected chi connectivity index (χ1v) is 7.01. The van der Waals surface area contributed by atoms with Crippen LogP contribution in [0.15, 0.2) is 0 Å². The van der Waals surface area contributed by atoms with Crippen molar-refractivity contribution < 1.29 is 9.90 Å². The maximum atomic E-state index is 10.7. The molecule has 96 valence electrons. The average molecular weight is 265 g/mol. The van der Waals surface area contributed by atoms with Crippen LogP contribution in [0.5, 0.6) is 0 Å². The highest BCUT2D eigenvalue weighted by Crippen LogP contribution is 2.09. The van der Waals surface area contributed by atoms with Crippen molar-refractivity contribution in [1.82, 2.24) is 5.32 Å². The van der Waals surface area contributed by atoms with Crippen LogP contribution in [0.1, 0.15) is 39.0 Å². The van der Waals surface area contributed by atoms with E-state index in [9.17, 15) is 4.79 Å². The number of hydrogen-bond donors (Lipinski definition) is 4. The van der Waals surface area contributed by atoms with Crippen molar-refractivity contribution in [3.05, 3.63) is 0 Å². The highest BCUT2D eigenvalue weighted by molar-refractivity contribution is 7.81. The minimum atomic E-state index is -0.846. The van der Waals surface area contributed by atoms with Gasteiger partial charge in [-0.05, 0) is 6.42 Å². The molecule has 0 saturated heterocycles. The minimum Gasteiger partial charge on any atom is -0.480 e. The second-order valence-corrected chi connectivity index (χ2v) is 5.08. The van der Waals surface area contributed by atoms with Gasteiger partial charge in [-0.1, -0.05) is 32.6 Å². The van der Waals surface area contributed by atoms with Crippen molar-refractivity contribution in [2.24, 2.45) is 0 Å². The molecule has 0 aromatic carbocycles. The van der Waals surface area contributed by atoms with Crippen LogP contribution in [0.2, 0.25) is 0 Å². The fraction of sp³-hybridized carbons (Fsp3) is 0.909. The molecule has 2 atom stereocenters. The van der Waals surface area contributed by atoms with Crippen molar-refractivity contribution >= 4 is 31.2 Å². The Morgan fingerprint density at radius 1 is 1.38 bits per heavy atom. The fourth-order valence-corrected chi connectivity index (χ4v) is 1.99. The van der Waals surface area contributed by atoms with E-state index in [1.807, 2.05) is 0 Å². The smallest absolute Gasteiger partial charge is 0.321 e. The number of aliphatic carboxylic acids is 1. The molecule has 0 fully saturated rings. The minimum absolute atomic E-state index is 0.235. The largest absolute Gasteiger partial charge is 0.480 e. The summed E-state index contributed by atoms with van der Waals surface area (Å²) in [6, 6.07) is -0.561. The van der Waals surface area contributed by atoms with Crippen molar-refractivity contribution in [2.45, 2.75) is 50.3 Å². The maximum absolute atomic E-state index is 10.7. The Hall–Kier alpha value is 0.130. The van der Waals surface area contributed by atoms with E-state index in [1.54, 1.807) is 0 Å². The SMILES string of the molecule is CCCCCCC(S)CNC(CS)C(=O)O. The number of unbranched alkanes of at least 4 members (excludes halogenated alkanes) is 3. The van der Waals surface area contributed by atoms with E-state index >= 15 is 0 Å². The van der Waals surface area contributed by atoms with Crippen LogP contribution in [0, 0.1) is 0 Å². The summed E-state index contributed by atoms with van der Waals surface area (Å²) in [6.45, 7) is 2.82. The van der Waals surface area contributed by atoms with Crippen LogP contribution in [-0.2, 0) is 4.79 Å². The van der Waals surface area contributed by atoms with Gasteiger partial charge >= 0.3 is 5.97 Å². The van der Waals surface area contributed by atoms with Crippen LogP contribution in [0.3, 0.4) is 0 Å². The maximum Gasteiger partial charge on any atom is 0.321 e. The lowest BCUT2D eigenvalue weighted by Gasteiger charge is -2.15. The number of hydrogen-bond acceptors (Lipinski definition) is 4. The number of rotatable bonds is 10. The molecule has 3 nitrogen and oxygen atoms in total. The Bertz CT molecular complexity index is 191. The van der Waals surface area contributed by atoms with E-state index in [1.165, 1.54) is 25.7 Å². The van der Waals surface area contributed by atoms with Gasteiger partial charge < -0.3 is 10.4 Å². The molecule has 0 bridgehead atoms. The van der Waals surface area contributed by atoms with Gasteiger partial charge in [-0.15, -0.1) is 0 Å². The molecule has 0 aromatic heterocycles. The number of carbonyl (C=O) groups is 1. The second kappa shape index (κ2) is 10.3. The summed E-state index contributed by atoms with van der Waals surface area (Å²) >= 11 is 8.42. The fourth-order valence-electron chi connectivity index (χ4n) is 1.42. The van der Waals surface area contributed by atoms with Crippen molar-refractivity contribution in [3.8, 4) is 0 Å². The van der Waals surface area contributed by atoms with Crippen LogP contribution in [0.4, 0.5) is 0 Å². The normalized spacial score (nSPS) is 14.7. The number of nitrogens with one attached hydrogen (secondary N) is 1. The first-order chi connectivity index (χ1) is 7.61. The molecule has 16 heavy (non-hydrogen) atoms. The predicted octanol–water partition coefficient (Wildman–Crippen LogP) is 2.23. The average Bonchev–Trinajstić information content (AvgIpc) is 2.25. The summed E-state index contributed by atoms with van der Waals surface area (Å²) in [5.74, 6) is -0.535. The quantitative estimate of drug-likeness (QED) is 0.362. The van der Waals surface area contributed by atoms with E-state index < -0.39 is 12.0 Å². The lowest BCUT2D eigenvalue weighted by atomic mass is 10.1. The zero-order valence-electron chi connectivity index (χ0n) is 9.85. The van der Waals surface area contributed by atoms with Crippen molar-refractivity contribution in [1.29, 1.82) is 0 Å². The van der Waals surface area contributed by atoms with Crippen molar-refractivity contribution in [2.75, 3.05) is 12.3 Å². The monoisotopic (exact) mass is 265 g/mol. The third-order valence-corrected chi connectivity index (χ3v) is 3.28. The van der Waals surface area contributed by atoms with Gasteiger partial charge in [0.05, 0.1) is 0 Å². The molecule has 2 N–H and O–H groups in total. The molecular formula is C11H23NO2S2. The molecule has 0 heterocycles. The molecule has 0 aliphatic rings. The van der Waals surface area contributed by atoms with Gasteiger partial charge in [0.15, 0.2) is 0 Å². The first kappa shape index (κ1) is 16.1. The van der Waals surface area contributed by atoms with Gasteiger partial charge in [-0.2, -0.15) is 25.3 Å². The Balaban J connectivity index is 3.55. The molecule has 5 heteroatoms. The van der Waals surface area contributed by atoms with Gasteiger partial charge in [0, 0.05) is 17.5 Å².